The van der Waals surface area contributed by atoms with Gasteiger partial charge in [-0.15, -0.1) is 0 Å². The minimum absolute atomic E-state index is 0.0964. The molecule has 154 valence electrons. The smallest absolute Gasteiger partial charge is 0.261 e. The number of halogens is 2. The summed E-state index contributed by atoms with van der Waals surface area (Å²) in [6, 6.07) is 8.39. The second kappa shape index (κ2) is 8.38. The predicted molar refractivity (Wildman–Crippen MR) is 114 cm³/mol. The van der Waals surface area contributed by atoms with Gasteiger partial charge in [0.25, 0.3) is 5.56 Å². The standard InChI is InChI=1S/C19H20ClFN4O3S/c1-12-7-8-15(18-16(12)19(26)25(2)11-22-18)23-13-5-3-6-14(17(13)20)24-29(27,28)10-4-9-21/h3,5-8,11,23-24H,4,9-10H2,1-2H3. The summed E-state index contributed by atoms with van der Waals surface area (Å²) in [6.07, 6.45) is 1.34. The molecule has 3 aromatic rings. The van der Waals surface area contributed by atoms with Crippen molar-refractivity contribution in [3.05, 3.63) is 57.6 Å². The van der Waals surface area contributed by atoms with E-state index in [0.29, 0.717) is 22.3 Å². The first-order valence-electron chi connectivity index (χ1n) is 8.80. The number of hydrogen-bond donors (Lipinski definition) is 2. The first kappa shape index (κ1) is 21.1. The van der Waals surface area contributed by atoms with E-state index < -0.39 is 16.7 Å². The lowest BCUT2D eigenvalue weighted by Crippen LogP contribution is -2.18. The van der Waals surface area contributed by atoms with Gasteiger partial charge in [-0.2, -0.15) is 0 Å². The van der Waals surface area contributed by atoms with Crippen molar-refractivity contribution < 1.29 is 12.8 Å². The number of anilines is 3. The molecule has 29 heavy (non-hydrogen) atoms. The van der Waals surface area contributed by atoms with Gasteiger partial charge in [-0.05, 0) is 37.1 Å². The van der Waals surface area contributed by atoms with Gasteiger partial charge in [0, 0.05) is 7.05 Å². The number of sulfonamides is 1. The van der Waals surface area contributed by atoms with E-state index in [-0.39, 0.29) is 28.4 Å². The SMILES string of the molecule is Cc1ccc(Nc2cccc(NS(=O)(=O)CCCF)c2Cl)c2ncn(C)c(=O)c12. The molecule has 2 aromatic carbocycles. The average Bonchev–Trinajstić information content (AvgIpc) is 2.67. The van der Waals surface area contributed by atoms with Gasteiger partial charge in [0.05, 0.1) is 46.2 Å². The van der Waals surface area contributed by atoms with Crippen molar-refractivity contribution in [3.63, 3.8) is 0 Å². The molecule has 0 radical (unpaired) electrons. The lowest BCUT2D eigenvalue weighted by atomic mass is 10.1. The number of hydrogen-bond acceptors (Lipinski definition) is 5. The van der Waals surface area contributed by atoms with Crippen molar-refractivity contribution >= 4 is 49.6 Å². The lowest BCUT2D eigenvalue weighted by molar-refractivity contribution is 0.484. The van der Waals surface area contributed by atoms with Crippen LogP contribution in [0.1, 0.15) is 12.0 Å². The van der Waals surface area contributed by atoms with E-state index in [2.05, 4.69) is 15.0 Å². The van der Waals surface area contributed by atoms with Gasteiger partial charge in [-0.1, -0.05) is 23.7 Å². The second-order valence-electron chi connectivity index (χ2n) is 6.57. The fourth-order valence-corrected chi connectivity index (χ4v) is 4.26. The molecule has 0 amide bonds. The lowest BCUT2D eigenvalue weighted by Gasteiger charge is -2.15. The highest BCUT2D eigenvalue weighted by Crippen LogP contribution is 2.34. The third-order valence-corrected chi connectivity index (χ3v) is 6.12. The van der Waals surface area contributed by atoms with Crippen molar-refractivity contribution in [1.82, 2.24) is 9.55 Å². The molecule has 3 rings (SSSR count). The minimum atomic E-state index is -3.72. The summed E-state index contributed by atoms with van der Waals surface area (Å²) < 4.78 is 40.2. The molecule has 0 saturated carbocycles. The van der Waals surface area contributed by atoms with Crippen LogP contribution in [0.3, 0.4) is 0 Å². The van der Waals surface area contributed by atoms with Crippen molar-refractivity contribution in [3.8, 4) is 0 Å². The molecular weight excluding hydrogens is 419 g/mol. The van der Waals surface area contributed by atoms with E-state index in [1.807, 2.05) is 6.92 Å². The Morgan fingerprint density at radius 3 is 2.62 bits per heavy atom. The molecule has 0 saturated heterocycles. The number of nitrogens with zero attached hydrogens (tertiary/aromatic N) is 2. The molecule has 0 aliphatic carbocycles. The highest BCUT2D eigenvalue weighted by Gasteiger charge is 2.16. The van der Waals surface area contributed by atoms with Crippen LogP contribution in [0.25, 0.3) is 10.9 Å². The van der Waals surface area contributed by atoms with Crippen molar-refractivity contribution in [2.75, 3.05) is 22.5 Å². The summed E-state index contributed by atoms with van der Waals surface area (Å²) in [5, 5.41) is 3.75. The van der Waals surface area contributed by atoms with Gasteiger partial charge in [-0.25, -0.2) is 13.4 Å². The maximum Gasteiger partial charge on any atom is 0.261 e. The monoisotopic (exact) mass is 438 g/mol. The third-order valence-electron chi connectivity index (χ3n) is 4.36. The molecule has 7 nitrogen and oxygen atoms in total. The topological polar surface area (TPSA) is 93.1 Å². The number of alkyl halides is 1. The van der Waals surface area contributed by atoms with Gasteiger partial charge in [0.15, 0.2) is 0 Å². The van der Waals surface area contributed by atoms with Crippen LogP contribution in [0.4, 0.5) is 21.5 Å². The number of benzene rings is 2. The maximum atomic E-state index is 12.5. The summed E-state index contributed by atoms with van der Waals surface area (Å²) in [4.78, 5) is 16.8. The van der Waals surface area contributed by atoms with Crippen molar-refractivity contribution in [2.24, 2.45) is 7.05 Å². The fourth-order valence-electron chi connectivity index (χ4n) is 2.89. The maximum absolute atomic E-state index is 12.5. The van der Waals surface area contributed by atoms with Gasteiger partial charge >= 0.3 is 0 Å². The number of aromatic nitrogens is 2. The Morgan fingerprint density at radius 2 is 1.90 bits per heavy atom. The number of rotatable bonds is 7. The largest absolute Gasteiger partial charge is 0.352 e. The van der Waals surface area contributed by atoms with E-state index in [1.54, 1.807) is 31.3 Å². The van der Waals surface area contributed by atoms with Gasteiger partial charge in [0.2, 0.25) is 10.0 Å². The average molecular weight is 439 g/mol. The Kier molecular flexibility index (Phi) is 6.09. The zero-order valence-corrected chi connectivity index (χ0v) is 17.4. The third kappa shape index (κ3) is 4.51. The Morgan fingerprint density at radius 1 is 1.17 bits per heavy atom. The molecule has 1 heterocycles. The fraction of sp³-hybridized carbons (Fsp3) is 0.263. The van der Waals surface area contributed by atoms with E-state index in [4.69, 9.17) is 11.6 Å². The molecular formula is C19H20ClFN4O3S. The summed E-state index contributed by atoms with van der Waals surface area (Å²) in [7, 11) is -2.09. The van der Waals surface area contributed by atoms with Crippen LogP contribution in [-0.4, -0.2) is 30.4 Å². The van der Waals surface area contributed by atoms with Gasteiger partial charge in [-0.3, -0.25) is 13.9 Å². The minimum Gasteiger partial charge on any atom is -0.352 e. The second-order valence-corrected chi connectivity index (χ2v) is 8.79. The van der Waals surface area contributed by atoms with Crippen LogP contribution in [0.5, 0.6) is 0 Å². The molecule has 0 bridgehead atoms. The number of aryl methyl sites for hydroxylation is 2. The summed E-state index contributed by atoms with van der Waals surface area (Å²) in [5.41, 5.74) is 2.28. The van der Waals surface area contributed by atoms with E-state index in [9.17, 15) is 17.6 Å². The molecule has 0 aliphatic rings. The van der Waals surface area contributed by atoms with E-state index >= 15 is 0 Å². The van der Waals surface area contributed by atoms with Gasteiger partial charge in [0.1, 0.15) is 5.52 Å². The van der Waals surface area contributed by atoms with Gasteiger partial charge < -0.3 is 9.88 Å². The Bertz CT molecular complexity index is 1230. The molecule has 0 unspecified atom stereocenters. The van der Waals surface area contributed by atoms with Crippen LogP contribution in [0.15, 0.2) is 41.5 Å². The van der Waals surface area contributed by atoms with Crippen LogP contribution < -0.4 is 15.6 Å². The van der Waals surface area contributed by atoms with Crippen molar-refractivity contribution in [1.29, 1.82) is 0 Å². The molecule has 0 atom stereocenters. The van der Waals surface area contributed by atoms with Crippen LogP contribution >= 0.6 is 11.6 Å². The molecule has 10 heteroatoms. The van der Waals surface area contributed by atoms with Crippen LogP contribution in [-0.2, 0) is 17.1 Å². The molecule has 1 aromatic heterocycles. The summed E-state index contributed by atoms with van der Waals surface area (Å²) >= 11 is 6.39. The normalized spacial score (nSPS) is 11.6. The Balaban J connectivity index is 1.99. The zero-order valence-electron chi connectivity index (χ0n) is 15.9. The first-order valence-corrected chi connectivity index (χ1v) is 10.8. The Labute approximate surface area is 172 Å². The Hall–Kier alpha value is -2.65. The summed E-state index contributed by atoms with van der Waals surface area (Å²) in [6.45, 7) is 1.11. The highest BCUT2D eigenvalue weighted by atomic mass is 35.5. The molecule has 2 N–H and O–H groups in total. The first-order chi connectivity index (χ1) is 13.7. The van der Waals surface area contributed by atoms with E-state index in [1.165, 1.54) is 17.0 Å². The zero-order chi connectivity index (χ0) is 21.2. The van der Waals surface area contributed by atoms with Crippen molar-refractivity contribution in [2.45, 2.75) is 13.3 Å². The van der Waals surface area contributed by atoms with E-state index in [0.717, 1.165) is 5.56 Å². The molecule has 0 fully saturated rings. The number of fused-ring (bicyclic) bond motifs is 1. The van der Waals surface area contributed by atoms with Crippen LogP contribution in [0.2, 0.25) is 5.02 Å². The molecule has 0 spiro atoms. The predicted octanol–water partition coefficient (Wildman–Crippen LogP) is 3.74. The highest BCUT2D eigenvalue weighted by molar-refractivity contribution is 7.92. The molecule has 0 aliphatic heterocycles. The summed E-state index contributed by atoms with van der Waals surface area (Å²) in [5.74, 6) is -0.340. The number of nitrogens with one attached hydrogen (secondary N) is 2. The quantitative estimate of drug-likeness (QED) is 0.586. The van der Waals surface area contributed by atoms with Crippen LogP contribution in [0, 0.1) is 6.92 Å².